The van der Waals surface area contributed by atoms with Crippen molar-refractivity contribution in [3.05, 3.63) is 66.0 Å². The quantitative estimate of drug-likeness (QED) is 0.857. The van der Waals surface area contributed by atoms with Crippen molar-refractivity contribution in [2.45, 2.75) is 44.1 Å². The molecule has 0 aromatic heterocycles. The summed E-state index contributed by atoms with van der Waals surface area (Å²) < 4.78 is 19.0. The molecule has 2 aromatic carbocycles. The van der Waals surface area contributed by atoms with E-state index in [0.717, 1.165) is 44.6 Å². The van der Waals surface area contributed by atoms with Gasteiger partial charge in [0.2, 0.25) is 0 Å². The van der Waals surface area contributed by atoms with Gasteiger partial charge in [-0.05, 0) is 42.7 Å². The van der Waals surface area contributed by atoms with Gasteiger partial charge in [0.05, 0.1) is 18.8 Å². The van der Waals surface area contributed by atoms with Crippen LogP contribution < -0.4 is 4.90 Å². The Morgan fingerprint density at radius 1 is 0.929 bits per heavy atom. The molecule has 1 saturated heterocycles. The van der Waals surface area contributed by atoms with E-state index in [0.29, 0.717) is 13.0 Å². The number of aliphatic hydroxyl groups excluding tert-OH is 1. The fraction of sp³-hybridized carbons (Fsp3) is 0.478. The molecule has 1 heterocycles. The van der Waals surface area contributed by atoms with Crippen LogP contribution in [0.3, 0.4) is 0 Å². The first-order valence-corrected chi connectivity index (χ1v) is 10.3. The number of anilines is 1. The van der Waals surface area contributed by atoms with Crippen molar-refractivity contribution in [3.8, 4) is 0 Å². The molecule has 2 aromatic rings. The van der Waals surface area contributed by atoms with Crippen molar-refractivity contribution in [1.82, 2.24) is 4.90 Å². The number of piperazine rings is 1. The van der Waals surface area contributed by atoms with Gasteiger partial charge in [0.15, 0.2) is 0 Å². The molecular weight excluding hydrogens is 355 g/mol. The summed E-state index contributed by atoms with van der Waals surface area (Å²) in [4.78, 5) is 4.86. The molecule has 0 unspecified atom stereocenters. The molecule has 4 nitrogen and oxygen atoms in total. The summed E-state index contributed by atoms with van der Waals surface area (Å²) in [6.45, 7) is 4.43. The topological polar surface area (TPSA) is 35.9 Å². The van der Waals surface area contributed by atoms with E-state index in [9.17, 15) is 9.50 Å². The second kappa shape index (κ2) is 9.03. The van der Waals surface area contributed by atoms with Gasteiger partial charge >= 0.3 is 0 Å². The molecule has 0 amide bonds. The zero-order valence-electron chi connectivity index (χ0n) is 16.2. The lowest BCUT2D eigenvalue weighted by Gasteiger charge is -2.44. The van der Waals surface area contributed by atoms with Gasteiger partial charge in [0.1, 0.15) is 5.82 Å². The van der Waals surface area contributed by atoms with Gasteiger partial charge in [0.25, 0.3) is 0 Å². The highest BCUT2D eigenvalue weighted by atomic mass is 19.1. The fourth-order valence-corrected chi connectivity index (χ4v) is 4.42. The first-order chi connectivity index (χ1) is 13.7. The molecule has 0 spiro atoms. The van der Waals surface area contributed by atoms with Gasteiger partial charge in [-0.3, -0.25) is 4.90 Å². The van der Waals surface area contributed by atoms with E-state index in [1.54, 1.807) is 12.1 Å². The molecule has 2 aliphatic rings. The van der Waals surface area contributed by atoms with Gasteiger partial charge < -0.3 is 14.7 Å². The van der Waals surface area contributed by atoms with Crippen LogP contribution in [0.2, 0.25) is 0 Å². The average Bonchev–Trinajstić information content (AvgIpc) is 2.74. The van der Waals surface area contributed by atoms with Crippen LogP contribution in [-0.4, -0.2) is 54.4 Å². The number of hydrogen-bond acceptors (Lipinski definition) is 4. The molecule has 4 rings (SSSR count). The van der Waals surface area contributed by atoms with Gasteiger partial charge in [-0.15, -0.1) is 0 Å². The zero-order chi connectivity index (χ0) is 19.3. The fourth-order valence-electron chi connectivity index (χ4n) is 4.42. The first-order valence-electron chi connectivity index (χ1n) is 10.3. The van der Waals surface area contributed by atoms with E-state index in [4.69, 9.17) is 4.74 Å². The maximum absolute atomic E-state index is 13.0. The summed E-state index contributed by atoms with van der Waals surface area (Å²) in [5, 5.41) is 10.7. The second-order valence-corrected chi connectivity index (χ2v) is 7.87. The third kappa shape index (κ3) is 4.72. The molecule has 1 aliphatic carbocycles. The predicted octanol–water partition coefficient (Wildman–Crippen LogP) is 3.45. The standard InChI is InChI=1S/C23H29FN2O2/c24-19-8-6-18(7-9-19)17-28-21-10-11-22(23(27)16-21)26-14-12-25(13-15-26)20-4-2-1-3-5-20/h1-9,21-23,27H,10-17H2/t21-,22+,23+/m0/s1. The van der Waals surface area contributed by atoms with Crippen molar-refractivity contribution >= 4 is 5.69 Å². The molecule has 3 atom stereocenters. The van der Waals surface area contributed by atoms with E-state index in [1.165, 1.54) is 17.8 Å². The number of nitrogens with zero attached hydrogens (tertiary/aromatic N) is 2. The number of halogens is 1. The van der Waals surface area contributed by atoms with Crippen molar-refractivity contribution in [2.24, 2.45) is 0 Å². The van der Waals surface area contributed by atoms with Crippen molar-refractivity contribution in [1.29, 1.82) is 0 Å². The van der Waals surface area contributed by atoms with E-state index in [2.05, 4.69) is 34.1 Å². The van der Waals surface area contributed by atoms with Crippen LogP contribution >= 0.6 is 0 Å². The minimum Gasteiger partial charge on any atom is -0.391 e. The smallest absolute Gasteiger partial charge is 0.123 e. The Morgan fingerprint density at radius 2 is 1.64 bits per heavy atom. The Morgan fingerprint density at radius 3 is 2.32 bits per heavy atom. The molecule has 2 fully saturated rings. The molecular formula is C23H29FN2O2. The normalized spacial score (nSPS) is 26.4. The molecule has 150 valence electrons. The summed E-state index contributed by atoms with van der Waals surface area (Å²) in [5.41, 5.74) is 2.25. The highest BCUT2D eigenvalue weighted by molar-refractivity contribution is 5.46. The first kappa shape index (κ1) is 19.4. The molecule has 1 N–H and O–H groups in total. The Labute approximate surface area is 166 Å². The van der Waals surface area contributed by atoms with Crippen LogP contribution in [-0.2, 0) is 11.3 Å². The maximum atomic E-state index is 13.0. The monoisotopic (exact) mass is 384 g/mol. The van der Waals surface area contributed by atoms with Crippen molar-refractivity contribution in [2.75, 3.05) is 31.1 Å². The van der Waals surface area contributed by atoms with E-state index >= 15 is 0 Å². The van der Waals surface area contributed by atoms with Crippen LogP contribution in [0.5, 0.6) is 0 Å². The highest BCUT2D eigenvalue weighted by Crippen LogP contribution is 2.28. The SMILES string of the molecule is O[C@@H]1C[C@@H](OCc2ccc(F)cc2)CC[C@H]1N1CCN(c2ccccc2)CC1. The Balaban J connectivity index is 1.24. The Kier molecular flexibility index (Phi) is 6.25. The number of aliphatic hydroxyl groups is 1. The maximum Gasteiger partial charge on any atom is 0.123 e. The highest BCUT2D eigenvalue weighted by Gasteiger charge is 2.34. The van der Waals surface area contributed by atoms with E-state index in [1.807, 2.05) is 6.07 Å². The van der Waals surface area contributed by atoms with Gasteiger partial charge in [-0.25, -0.2) is 4.39 Å². The number of hydrogen-bond donors (Lipinski definition) is 1. The third-order valence-corrected chi connectivity index (χ3v) is 6.04. The molecule has 0 radical (unpaired) electrons. The lowest BCUT2D eigenvalue weighted by Crippen LogP contribution is -2.55. The lowest BCUT2D eigenvalue weighted by molar-refractivity contribution is -0.0615. The number of para-hydroxylation sites is 1. The molecule has 5 heteroatoms. The Hall–Kier alpha value is -1.95. The van der Waals surface area contributed by atoms with E-state index < -0.39 is 0 Å². The number of ether oxygens (including phenoxy) is 1. The van der Waals surface area contributed by atoms with Crippen LogP contribution in [0, 0.1) is 5.82 Å². The number of rotatable bonds is 5. The summed E-state index contributed by atoms with van der Waals surface area (Å²) in [7, 11) is 0. The minimum atomic E-state index is -0.352. The second-order valence-electron chi connectivity index (χ2n) is 7.87. The summed E-state index contributed by atoms with van der Waals surface area (Å²) in [5.74, 6) is -0.230. The molecule has 1 saturated carbocycles. The van der Waals surface area contributed by atoms with Crippen LogP contribution in [0.1, 0.15) is 24.8 Å². The average molecular weight is 384 g/mol. The van der Waals surface area contributed by atoms with Gasteiger partial charge in [0, 0.05) is 44.3 Å². The van der Waals surface area contributed by atoms with Crippen LogP contribution in [0.15, 0.2) is 54.6 Å². The minimum absolute atomic E-state index is 0.0712. The van der Waals surface area contributed by atoms with Crippen molar-refractivity contribution in [3.63, 3.8) is 0 Å². The van der Waals surface area contributed by atoms with Gasteiger partial charge in [-0.2, -0.15) is 0 Å². The Bertz CT molecular complexity index is 732. The van der Waals surface area contributed by atoms with Crippen LogP contribution in [0.4, 0.5) is 10.1 Å². The van der Waals surface area contributed by atoms with Gasteiger partial charge in [-0.1, -0.05) is 30.3 Å². The predicted molar refractivity (Wildman–Crippen MR) is 109 cm³/mol. The molecule has 1 aliphatic heterocycles. The molecule has 0 bridgehead atoms. The lowest BCUT2D eigenvalue weighted by atomic mass is 9.88. The summed E-state index contributed by atoms with van der Waals surface area (Å²) >= 11 is 0. The van der Waals surface area contributed by atoms with E-state index in [-0.39, 0.29) is 24.1 Å². The summed E-state index contributed by atoms with van der Waals surface area (Å²) in [6.07, 6.45) is 2.31. The molecule has 28 heavy (non-hydrogen) atoms. The third-order valence-electron chi connectivity index (χ3n) is 6.04. The van der Waals surface area contributed by atoms with Crippen molar-refractivity contribution < 1.29 is 14.2 Å². The summed E-state index contributed by atoms with van der Waals surface area (Å²) in [6, 6.07) is 17.2. The number of benzene rings is 2. The van der Waals surface area contributed by atoms with Crippen LogP contribution in [0.25, 0.3) is 0 Å². The largest absolute Gasteiger partial charge is 0.391 e. The zero-order valence-corrected chi connectivity index (χ0v) is 16.2.